The molecule has 26 heavy (non-hydrogen) atoms. The van der Waals surface area contributed by atoms with Crippen LogP contribution in [-0.2, 0) is 0 Å². The fourth-order valence-corrected chi connectivity index (χ4v) is 3.12. The molecule has 1 aromatic heterocycles. The lowest BCUT2D eigenvalue weighted by Gasteiger charge is -2.08. The molecule has 1 amide bonds. The zero-order valence-corrected chi connectivity index (χ0v) is 15.0. The molecule has 2 N–H and O–H groups in total. The smallest absolute Gasteiger partial charge is 0.270 e. The molecule has 0 aliphatic carbocycles. The van der Waals surface area contributed by atoms with Crippen LogP contribution in [-0.4, -0.2) is 22.9 Å². The molecule has 0 aliphatic heterocycles. The van der Waals surface area contributed by atoms with Crippen LogP contribution >= 0.6 is 11.3 Å². The van der Waals surface area contributed by atoms with Gasteiger partial charge in [0.1, 0.15) is 0 Å². The number of nitro groups is 1. The highest BCUT2D eigenvalue weighted by Crippen LogP contribution is 2.27. The van der Waals surface area contributed by atoms with Gasteiger partial charge in [-0.05, 0) is 13.0 Å². The van der Waals surface area contributed by atoms with Gasteiger partial charge in [-0.15, -0.1) is 11.3 Å². The summed E-state index contributed by atoms with van der Waals surface area (Å²) in [7, 11) is 1.65. The van der Waals surface area contributed by atoms with Crippen LogP contribution in [0.4, 0.5) is 16.5 Å². The molecule has 132 valence electrons. The number of nitrogens with zero attached hydrogens (tertiary/aromatic N) is 2. The van der Waals surface area contributed by atoms with Gasteiger partial charge in [-0.3, -0.25) is 20.2 Å². The first-order valence-electron chi connectivity index (χ1n) is 7.78. The summed E-state index contributed by atoms with van der Waals surface area (Å²) in [6.07, 6.45) is 0. The van der Waals surface area contributed by atoms with Crippen LogP contribution in [0.15, 0.2) is 47.8 Å². The maximum absolute atomic E-state index is 12.6. The minimum atomic E-state index is -0.533. The largest absolute Gasteiger partial charge is 0.387 e. The van der Waals surface area contributed by atoms with Crippen LogP contribution in [0.2, 0.25) is 0 Å². The van der Waals surface area contributed by atoms with Gasteiger partial charge in [-0.1, -0.05) is 29.8 Å². The first kappa shape index (κ1) is 17.6. The van der Waals surface area contributed by atoms with Crippen molar-refractivity contribution in [1.82, 2.24) is 4.98 Å². The van der Waals surface area contributed by atoms with Crippen LogP contribution in [0.1, 0.15) is 15.9 Å². The lowest BCUT2D eigenvalue weighted by Crippen LogP contribution is -2.14. The van der Waals surface area contributed by atoms with E-state index in [1.807, 2.05) is 36.6 Å². The fourth-order valence-electron chi connectivity index (χ4n) is 2.40. The Bertz CT molecular complexity index is 967. The zero-order chi connectivity index (χ0) is 18.7. The molecular weight excluding hydrogens is 352 g/mol. The number of thiazole rings is 1. The number of aryl methyl sites for hydroxylation is 1. The molecule has 3 aromatic rings. The number of non-ortho nitro benzene ring substituents is 1. The monoisotopic (exact) mass is 368 g/mol. The van der Waals surface area contributed by atoms with Crippen molar-refractivity contribution >= 4 is 33.8 Å². The van der Waals surface area contributed by atoms with Gasteiger partial charge < -0.3 is 5.32 Å². The predicted octanol–water partition coefficient (Wildman–Crippen LogP) is 4.32. The molecule has 0 fully saturated rings. The van der Waals surface area contributed by atoms with E-state index in [2.05, 4.69) is 15.6 Å². The van der Waals surface area contributed by atoms with E-state index in [0.717, 1.165) is 16.8 Å². The van der Waals surface area contributed by atoms with Crippen molar-refractivity contribution in [3.8, 4) is 11.3 Å². The van der Waals surface area contributed by atoms with Gasteiger partial charge >= 0.3 is 0 Å². The number of carbonyl (C=O) groups is 1. The van der Waals surface area contributed by atoms with Gasteiger partial charge in [-0.25, -0.2) is 4.98 Å². The van der Waals surface area contributed by atoms with Crippen LogP contribution in [0.3, 0.4) is 0 Å². The predicted molar refractivity (Wildman–Crippen MR) is 103 cm³/mol. The molecule has 2 aromatic carbocycles. The number of benzene rings is 2. The first-order chi connectivity index (χ1) is 12.5. The fraction of sp³-hybridized carbons (Fsp3) is 0.111. The van der Waals surface area contributed by atoms with Gasteiger partial charge in [-0.2, -0.15) is 0 Å². The average molecular weight is 368 g/mol. The van der Waals surface area contributed by atoms with Gasteiger partial charge in [0.25, 0.3) is 11.6 Å². The summed E-state index contributed by atoms with van der Waals surface area (Å²) in [6, 6.07) is 12.0. The molecule has 0 spiro atoms. The van der Waals surface area contributed by atoms with Crippen molar-refractivity contribution in [2.45, 2.75) is 6.92 Å². The molecule has 0 atom stereocenters. The molecule has 8 heteroatoms. The number of hydrogen-bond acceptors (Lipinski definition) is 6. The van der Waals surface area contributed by atoms with Crippen molar-refractivity contribution in [1.29, 1.82) is 0 Å². The highest BCUT2D eigenvalue weighted by Gasteiger charge is 2.17. The molecule has 0 bridgehead atoms. The third-order valence-electron chi connectivity index (χ3n) is 3.80. The molecule has 7 nitrogen and oxygen atoms in total. The topological polar surface area (TPSA) is 97.2 Å². The number of rotatable bonds is 5. The zero-order valence-electron chi connectivity index (χ0n) is 14.1. The average Bonchev–Trinajstić information content (AvgIpc) is 3.10. The standard InChI is InChI=1S/C18H16N4O3S/c1-11-3-5-12(6-4-11)16-10-26-18(20-16)21-17(23)14-9-13(22(24)25)7-8-15(14)19-2/h3-10,19H,1-2H3,(H,20,21,23). The number of carbonyl (C=O) groups excluding carboxylic acids is 1. The SMILES string of the molecule is CNc1ccc([N+](=O)[O-])cc1C(=O)Nc1nc(-c2ccc(C)cc2)cs1. The summed E-state index contributed by atoms with van der Waals surface area (Å²) in [4.78, 5) is 27.4. The highest BCUT2D eigenvalue weighted by atomic mass is 32.1. The van der Waals surface area contributed by atoms with E-state index in [-0.39, 0.29) is 11.3 Å². The summed E-state index contributed by atoms with van der Waals surface area (Å²) in [5.41, 5.74) is 3.42. The van der Waals surface area contributed by atoms with Crippen molar-refractivity contribution in [3.63, 3.8) is 0 Å². The second kappa shape index (κ2) is 7.32. The van der Waals surface area contributed by atoms with Crippen molar-refractivity contribution in [2.24, 2.45) is 0 Å². The second-order valence-electron chi connectivity index (χ2n) is 5.60. The third kappa shape index (κ3) is 3.70. The molecule has 0 aliphatic rings. The molecule has 0 unspecified atom stereocenters. The van der Waals surface area contributed by atoms with Crippen molar-refractivity contribution < 1.29 is 9.72 Å². The van der Waals surface area contributed by atoms with E-state index < -0.39 is 10.8 Å². The van der Waals surface area contributed by atoms with E-state index >= 15 is 0 Å². The number of aromatic nitrogens is 1. The highest BCUT2D eigenvalue weighted by molar-refractivity contribution is 7.14. The van der Waals surface area contributed by atoms with Gasteiger partial charge in [0, 0.05) is 35.8 Å². The third-order valence-corrected chi connectivity index (χ3v) is 4.56. The summed E-state index contributed by atoms with van der Waals surface area (Å²) in [6.45, 7) is 2.01. The summed E-state index contributed by atoms with van der Waals surface area (Å²) < 4.78 is 0. The Morgan fingerprint density at radius 1 is 1.19 bits per heavy atom. The Kier molecular flexibility index (Phi) is 4.94. The molecule has 0 saturated carbocycles. The molecule has 1 heterocycles. The second-order valence-corrected chi connectivity index (χ2v) is 6.45. The van der Waals surface area contributed by atoms with E-state index in [9.17, 15) is 14.9 Å². The molecular formula is C18H16N4O3S. The number of amides is 1. The van der Waals surface area contributed by atoms with Crippen molar-refractivity contribution in [2.75, 3.05) is 17.7 Å². The summed E-state index contributed by atoms with van der Waals surface area (Å²) >= 11 is 1.30. The maximum atomic E-state index is 12.6. The quantitative estimate of drug-likeness (QED) is 0.516. The van der Waals surface area contributed by atoms with Crippen LogP contribution in [0.5, 0.6) is 0 Å². The normalized spacial score (nSPS) is 10.4. The first-order valence-corrected chi connectivity index (χ1v) is 8.66. The summed E-state index contributed by atoms with van der Waals surface area (Å²) in [5.74, 6) is -0.456. The van der Waals surface area contributed by atoms with Crippen LogP contribution in [0, 0.1) is 17.0 Å². The van der Waals surface area contributed by atoms with Crippen molar-refractivity contribution in [3.05, 3.63) is 69.1 Å². The lowest BCUT2D eigenvalue weighted by atomic mass is 10.1. The minimum absolute atomic E-state index is 0.145. The molecule has 0 saturated heterocycles. The van der Waals surface area contributed by atoms with E-state index in [4.69, 9.17) is 0 Å². The van der Waals surface area contributed by atoms with Crippen LogP contribution < -0.4 is 10.6 Å². The van der Waals surface area contributed by atoms with E-state index in [1.54, 1.807) is 7.05 Å². The van der Waals surface area contributed by atoms with Gasteiger partial charge in [0.05, 0.1) is 16.2 Å². The summed E-state index contributed by atoms with van der Waals surface area (Å²) in [5, 5.41) is 18.8. The minimum Gasteiger partial charge on any atom is -0.387 e. The van der Waals surface area contributed by atoms with E-state index in [0.29, 0.717) is 10.8 Å². The van der Waals surface area contributed by atoms with Gasteiger partial charge in [0.2, 0.25) is 0 Å². The maximum Gasteiger partial charge on any atom is 0.270 e. The Morgan fingerprint density at radius 3 is 2.58 bits per heavy atom. The molecule has 0 radical (unpaired) electrons. The Morgan fingerprint density at radius 2 is 1.92 bits per heavy atom. The number of anilines is 2. The Hall–Kier alpha value is -3.26. The molecule has 3 rings (SSSR count). The van der Waals surface area contributed by atoms with Crippen LogP contribution in [0.25, 0.3) is 11.3 Å². The lowest BCUT2D eigenvalue weighted by molar-refractivity contribution is -0.384. The Balaban J connectivity index is 1.83. The number of hydrogen-bond donors (Lipinski definition) is 2. The van der Waals surface area contributed by atoms with E-state index in [1.165, 1.54) is 29.5 Å². The number of nitro benzene ring substituents is 1. The number of nitrogens with one attached hydrogen (secondary N) is 2. The van der Waals surface area contributed by atoms with Gasteiger partial charge in [0.15, 0.2) is 5.13 Å². The Labute approximate surface area is 153 Å².